The van der Waals surface area contributed by atoms with Crippen molar-refractivity contribution in [3.63, 3.8) is 0 Å². The lowest BCUT2D eigenvalue weighted by Crippen LogP contribution is -2.49. The van der Waals surface area contributed by atoms with Crippen molar-refractivity contribution in [2.75, 3.05) is 30.6 Å². The van der Waals surface area contributed by atoms with E-state index in [4.69, 9.17) is 4.74 Å². The van der Waals surface area contributed by atoms with Gasteiger partial charge >= 0.3 is 10.2 Å². The Kier molecular flexibility index (Phi) is 5.63. The average molecular weight is 447 g/mol. The highest BCUT2D eigenvalue weighted by molar-refractivity contribution is 7.90. The molecule has 2 N–H and O–H groups in total. The lowest BCUT2D eigenvalue weighted by atomic mass is 10.0. The fourth-order valence-corrected chi connectivity index (χ4v) is 5.25. The molecule has 0 atom stereocenters. The Bertz CT molecular complexity index is 1100. The van der Waals surface area contributed by atoms with E-state index in [0.29, 0.717) is 19.5 Å². The van der Waals surface area contributed by atoms with E-state index in [2.05, 4.69) is 10.3 Å². The zero-order valence-electron chi connectivity index (χ0n) is 17.5. The van der Waals surface area contributed by atoms with Crippen LogP contribution in [0.2, 0.25) is 0 Å². The lowest BCUT2D eigenvalue weighted by Gasteiger charge is -2.36. The lowest BCUT2D eigenvalue weighted by molar-refractivity contribution is 0.0869. The quantitative estimate of drug-likeness (QED) is 0.711. The number of pyridine rings is 1. The summed E-state index contributed by atoms with van der Waals surface area (Å²) < 4.78 is 35.3. The van der Waals surface area contributed by atoms with Gasteiger partial charge in [0.2, 0.25) is 5.88 Å². The van der Waals surface area contributed by atoms with Gasteiger partial charge in [0.25, 0.3) is 5.91 Å². The van der Waals surface area contributed by atoms with Crippen LogP contribution in [0.15, 0.2) is 36.5 Å². The minimum atomic E-state index is -3.85. The molecule has 2 aromatic rings. The molecule has 3 heterocycles. The van der Waals surface area contributed by atoms with Gasteiger partial charge in [-0.15, -0.1) is 0 Å². The van der Waals surface area contributed by atoms with Gasteiger partial charge in [-0.3, -0.25) is 4.79 Å². The molecule has 31 heavy (non-hydrogen) atoms. The molecular weight excluding hydrogens is 420 g/mol. The van der Waals surface area contributed by atoms with Crippen LogP contribution in [0.25, 0.3) is 0 Å². The molecule has 0 bridgehead atoms. The maximum atomic E-state index is 13.5. The number of carbonyl (C=O) groups excluding carboxylic acids is 1. The molecule has 10 heteroatoms. The molecule has 0 aliphatic carbocycles. The van der Waals surface area contributed by atoms with Crippen molar-refractivity contribution < 1.29 is 23.1 Å². The van der Waals surface area contributed by atoms with Crippen LogP contribution in [0.1, 0.15) is 35.3 Å². The van der Waals surface area contributed by atoms with Crippen LogP contribution in [-0.4, -0.2) is 60.6 Å². The molecule has 166 valence electrons. The van der Waals surface area contributed by atoms with E-state index >= 15 is 0 Å². The number of hydrogen-bond donors (Lipinski definition) is 2. The highest BCUT2D eigenvalue weighted by atomic mass is 32.2. The van der Waals surface area contributed by atoms with E-state index in [0.717, 1.165) is 11.1 Å². The number of ether oxygens (including phenoxy) is 1. The number of anilines is 1. The first kappa shape index (κ1) is 21.5. The first-order chi connectivity index (χ1) is 14.7. The summed E-state index contributed by atoms with van der Waals surface area (Å²) in [5.74, 6) is -0.283. The molecule has 0 spiro atoms. The molecule has 2 aliphatic rings. The predicted octanol–water partition coefficient (Wildman–Crippen LogP) is 1.08. The minimum absolute atomic E-state index is 0.127. The van der Waals surface area contributed by atoms with Gasteiger partial charge in [-0.25, -0.2) is 9.29 Å². The average Bonchev–Trinajstić information content (AvgIpc) is 2.77. The third-order valence-corrected chi connectivity index (χ3v) is 7.34. The van der Waals surface area contributed by atoms with Crippen molar-refractivity contribution >= 4 is 21.8 Å². The largest absolute Gasteiger partial charge is 0.474 e. The Morgan fingerprint density at radius 1 is 1.26 bits per heavy atom. The van der Waals surface area contributed by atoms with E-state index in [1.165, 1.54) is 20.9 Å². The predicted molar refractivity (Wildman–Crippen MR) is 115 cm³/mol. The number of aliphatic hydroxyl groups is 1. The summed E-state index contributed by atoms with van der Waals surface area (Å²) in [5.41, 5.74) is 1.75. The molecule has 1 aromatic carbocycles. The summed E-state index contributed by atoms with van der Waals surface area (Å²) >= 11 is 0. The van der Waals surface area contributed by atoms with E-state index in [1.807, 2.05) is 24.3 Å². The highest BCUT2D eigenvalue weighted by Crippen LogP contribution is 2.34. The van der Waals surface area contributed by atoms with Crippen LogP contribution < -0.4 is 14.4 Å². The normalized spacial score (nSPS) is 16.8. The maximum absolute atomic E-state index is 13.5. The number of aromatic nitrogens is 1. The van der Waals surface area contributed by atoms with Crippen molar-refractivity contribution in [1.82, 2.24) is 14.6 Å². The van der Waals surface area contributed by atoms with E-state index in [-0.39, 0.29) is 36.9 Å². The summed E-state index contributed by atoms with van der Waals surface area (Å²) in [6.45, 7) is 4.11. The Labute approximate surface area is 181 Å². The molecule has 9 nitrogen and oxygen atoms in total. The Hall–Kier alpha value is -2.69. The topological polar surface area (TPSA) is 112 Å². The summed E-state index contributed by atoms with van der Waals surface area (Å²) in [4.78, 5) is 16.8. The second-order valence-electron chi connectivity index (χ2n) is 8.33. The second-order valence-corrected chi connectivity index (χ2v) is 10.2. The SMILES string of the molecule is CC(C)(CO)NC(=O)c1cnc2c(c1)N(S(=O)(=O)N1CCc3ccccc3C1)CCO2. The van der Waals surface area contributed by atoms with Crippen molar-refractivity contribution in [2.24, 2.45) is 0 Å². The zero-order chi connectivity index (χ0) is 22.2. The number of rotatable bonds is 5. The first-order valence-electron chi connectivity index (χ1n) is 10.1. The van der Waals surface area contributed by atoms with Crippen LogP contribution in [0, 0.1) is 0 Å². The number of benzene rings is 1. The third-order valence-electron chi connectivity index (χ3n) is 5.44. The van der Waals surface area contributed by atoms with Gasteiger partial charge in [0.05, 0.1) is 24.3 Å². The smallest absolute Gasteiger partial charge is 0.304 e. The summed E-state index contributed by atoms with van der Waals surface area (Å²) in [7, 11) is -3.85. The number of hydrogen-bond acceptors (Lipinski definition) is 6. The first-order valence-corrected chi connectivity index (χ1v) is 11.5. The molecule has 1 aromatic heterocycles. The van der Waals surface area contributed by atoms with Crippen molar-refractivity contribution in [3.05, 3.63) is 53.2 Å². The summed E-state index contributed by atoms with van der Waals surface area (Å²) in [5, 5.41) is 12.1. The Morgan fingerprint density at radius 2 is 2.00 bits per heavy atom. The third kappa shape index (κ3) is 4.23. The summed E-state index contributed by atoms with van der Waals surface area (Å²) in [6.07, 6.45) is 1.98. The van der Waals surface area contributed by atoms with Crippen LogP contribution in [0.3, 0.4) is 0 Å². The number of nitrogens with zero attached hydrogens (tertiary/aromatic N) is 3. The number of fused-ring (bicyclic) bond motifs is 2. The molecule has 0 unspecified atom stereocenters. The van der Waals surface area contributed by atoms with E-state index in [1.54, 1.807) is 13.8 Å². The van der Waals surface area contributed by atoms with Gasteiger partial charge < -0.3 is 15.2 Å². The highest BCUT2D eigenvalue weighted by Gasteiger charge is 2.36. The molecule has 4 rings (SSSR count). The van der Waals surface area contributed by atoms with Crippen LogP contribution in [0.4, 0.5) is 5.69 Å². The van der Waals surface area contributed by atoms with E-state index < -0.39 is 21.7 Å². The van der Waals surface area contributed by atoms with Crippen LogP contribution in [0.5, 0.6) is 5.88 Å². The standard InChI is InChI=1S/C21H26N4O5S/c1-21(2,14-26)23-19(27)17-11-18-20(22-12-17)30-10-9-25(18)31(28,29)24-8-7-15-5-3-4-6-16(15)13-24/h3-6,11-12,26H,7-10,13-14H2,1-2H3,(H,23,27). The van der Waals surface area contributed by atoms with Gasteiger partial charge in [-0.1, -0.05) is 24.3 Å². The van der Waals surface area contributed by atoms with Gasteiger partial charge in [-0.05, 0) is 37.5 Å². The number of amides is 1. The monoisotopic (exact) mass is 446 g/mol. The molecular formula is C21H26N4O5S. The summed E-state index contributed by atoms with van der Waals surface area (Å²) in [6, 6.07) is 9.29. The molecule has 0 saturated carbocycles. The van der Waals surface area contributed by atoms with Gasteiger partial charge in [0.15, 0.2) is 0 Å². The zero-order valence-corrected chi connectivity index (χ0v) is 18.4. The number of carbonyl (C=O) groups is 1. The Morgan fingerprint density at radius 3 is 2.74 bits per heavy atom. The Balaban J connectivity index is 1.63. The maximum Gasteiger partial charge on any atom is 0.304 e. The minimum Gasteiger partial charge on any atom is -0.474 e. The second kappa shape index (κ2) is 8.10. The fraction of sp³-hybridized carbons (Fsp3) is 0.429. The van der Waals surface area contributed by atoms with Crippen molar-refractivity contribution in [2.45, 2.75) is 32.4 Å². The molecule has 1 amide bonds. The van der Waals surface area contributed by atoms with Crippen molar-refractivity contribution in [1.29, 1.82) is 0 Å². The van der Waals surface area contributed by atoms with Gasteiger partial charge in [0, 0.05) is 19.3 Å². The van der Waals surface area contributed by atoms with Gasteiger partial charge in [0.1, 0.15) is 12.3 Å². The van der Waals surface area contributed by atoms with E-state index in [9.17, 15) is 18.3 Å². The number of nitrogens with one attached hydrogen (secondary N) is 1. The number of aliphatic hydroxyl groups excluding tert-OH is 1. The molecule has 0 saturated heterocycles. The van der Waals surface area contributed by atoms with Crippen LogP contribution in [-0.2, 0) is 23.2 Å². The van der Waals surface area contributed by atoms with Crippen LogP contribution >= 0.6 is 0 Å². The van der Waals surface area contributed by atoms with Crippen molar-refractivity contribution in [3.8, 4) is 5.88 Å². The fourth-order valence-electron chi connectivity index (χ4n) is 3.67. The van der Waals surface area contributed by atoms with Gasteiger partial charge in [-0.2, -0.15) is 12.7 Å². The molecule has 0 fully saturated rings. The molecule has 0 radical (unpaired) electrons. The molecule has 2 aliphatic heterocycles.